The number of nitrogens with two attached hydrogens (primary N) is 1. The lowest BCUT2D eigenvalue weighted by atomic mass is 9.86. The van der Waals surface area contributed by atoms with Gasteiger partial charge < -0.3 is 10.5 Å². The number of halogens is 2. The largest absolute Gasteiger partial charge is 0.396 e. The minimum Gasteiger partial charge on any atom is -0.396 e. The maximum Gasteiger partial charge on any atom is 0.329 e. The van der Waals surface area contributed by atoms with Crippen LogP contribution in [0.4, 0.5) is 14.5 Å². The number of para-hydroxylation sites is 1. The highest BCUT2D eigenvalue weighted by Crippen LogP contribution is 2.34. The third kappa shape index (κ3) is 6.05. The number of imidazole rings is 1. The summed E-state index contributed by atoms with van der Waals surface area (Å²) in [4.78, 5) is 37.0. The van der Waals surface area contributed by atoms with Crippen molar-refractivity contribution in [3.05, 3.63) is 46.1 Å². The summed E-state index contributed by atoms with van der Waals surface area (Å²) in [5.41, 5.74) is 7.02. The molecule has 1 aliphatic heterocycles. The Bertz CT molecular complexity index is 1550. The van der Waals surface area contributed by atoms with E-state index in [2.05, 4.69) is 22.3 Å². The van der Waals surface area contributed by atoms with E-state index in [9.17, 15) is 23.2 Å². The Balaban J connectivity index is 1.10. The zero-order valence-electron chi connectivity index (χ0n) is 22.9. The Kier molecular flexibility index (Phi) is 8.54. The van der Waals surface area contributed by atoms with E-state index in [0.29, 0.717) is 42.1 Å². The van der Waals surface area contributed by atoms with Crippen LogP contribution in [-0.2, 0) is 21.4 Å². The molecule has 41 heavy (non-hydrogen) atoms. The number of ether oxygens (including phenoxy) is 1. The minimum absolute atomic E-state index is 0.0416. The molecule has 1 atom stereocenters. The summed E-state index contributed by atoms with van der Waals surface area (Å²) in [7, 11) is 1.66. The Morgan fingerprint density at radius 3 is 2.66 bits per heavy atom. The number of nitrogens with zero attached hydrogens (tertiary/aromatic N) is 4. The van der Waals surface area contributed by atoms with Crippen LogP contribution in [-0.4, -0.2) is 43.9 Å². The first-order valence-corrected chi connectivity index (χ1v) is 14.0. The van der Waals surface area contributed by atoms with E-state index in [1.54, 1.807) is 17.8 Å². The highest BCUT2D eigenvalue weighted by molar-refractivity contribution is 6.00. The standard InChI is InChI=1S/C29H34F2N6O4/c1-35-26-19(7-5-8-22(26)37(29(35)40)23-13-14-24(38)33-28(23)39)6-3-2-4-15-41-17-18-9-11-20(12-10-18)36-16-21(32)25(34-36)27(30)31/h5,7-8,16,18,20,23,27H,2,4,9-15,17,32H2,1H3,(H,33,38,39). The third-order valence-corrected chi connectivity index (χ3v) is 7.98. The Morgan fingerprint density at radius 2 is 1.95 bits per heavy atom. The zero-order chi connectivity index (χ0) is 29.1. The van der Waals surface area contributed by atoms with Crippen molar-refractivity contribution >= 4 is 28.5 Å². The van der Waals surface area contributed by atoms with Crippen LogP contribution < -0.4 is 16.7 Å². The Morgan fingerprint density at radius 1 is 1.17 bits per heavy atom. The highest BCUT2D eigenvalue weighted by Gasteiger charge is 2.31. The topological polar surface area (TPSA) is 126 Å². The zero-order valence-corrected chi connectivity index (χ0v) is 22.9. The number of rotatable bonds is 8. The summed E-state index contributed by atoms with van der Waals surface area (Å²) in [6, 6.07) is 4.80. The SMILES string of the molecule is Cn1c(=O)n(C2CCC(=O)NC2=O)c2cccc(C#CCCCOCC3CCC(n4cc(N)c(C(F)F)n4)CC3)c21. The Hall–Kier alpha value is -3.98. The molecule has 3 heterocycles. The predicted molar refractivity (Wildman–Crippen MR) is 148 cm³/mol. The molecule has 3 N–H and O–H groups in total. The molecule has 218 valence electrons. The molecule has 3 aromatic rings. The van der Waals surface area contributed by atoms with Crippen molar-refractivity contribution in [3.63, 3.8) is 0 Å². The smallest absolute Gasteiger partial charge is 0.329 e. The quantitative estimate of drug-likeness (QED) is 0.243. The summed E-state index contributed by atoms with van der Waals surface area (Å²) in [5.74, 6) is 5.97. The molecule has 0 bridgehead atoms. The maximum absolute atomic E-state index is 13.0. The molecule has 1 unspecified atom stereocenters. The lowest BCUT2D eigenvalue weighted by Gasteiger charge is -2.28. The van der Waals surface area contributed by atoms with Crippen LogP contribution in [0.5, 0.6) is 0 Å². The van der Waals surface area contributed by atoms with Gasteiger partial charge in [0.1, 0.15) is 6.04 Å². The van der Waals surface area contributed by atoms with Gasteiger partial charge >= 0.3 is 5.69 Å². The van der Waals surface area contributed by atoms with Crippen LogP contribution in [0.15, 0.2) is 29.2 Å². The van der Waals surface area contributed by atoms with Crippen LogP contribution in [0.3, 0.4) is 0 Å². The van der Waals surface area contributed by atoms with Gasteiger partial charge in [-0.2, -0.15) is 5.10 Å². The van der Waals surface area contributed by atoms with Crippen LogP contribution in [0, 0.1) is 17.8 Å². The molecule has 12 heteroatoms. The predicted octanol–water partition coefficient (Wildman–Crippen LogP) is 3.61. The summed E-state index contributed by atoms with van der Waals surface area (Å²) in [6.45, 7) is 1.23. The van der Waals surface area contributed by atoms with E-state index in [-0.39, 0.29) is 41.9 Å². The first kappa shape index (κ1) is 28.5. The number of carbonyl (C=O) groups is 2. The number of alkyl halides is 2. The van der Waals surface area contributed by atoms with Crippen molar-refractivity contribution in [2.45, 2.75) is 69.9 Å². The number of nitrogen functional groups attached to an aromatic ring is 1. The molecule has 2 aromatic heterocycles. The molecule has 1 aliphatic carbocycles. The lowest BCUT2D eigenvalue weighted by molar-refractivity contribution is -0.135. The monoisotopic (exact) mass is 568 g/mol. The summed E-state index contributed by atoms with van der Waals surface area (Å²) in [5, 5.41) is 6.31. The number of amides is 2. The van der Waals surface area contributed by atoms with E-state index >= 15 is 0 Å². The number of piperidine rings is 1. The second-order valence-electron chi connectivity index (χ2n) is 10.8. The van der Waals surface area contributed by atoms with Crippen molar-refractivity contribution in [2.75, 3.05) is 18.9 Å². The normalized spacial score (nSPS) is 21.2. The average molecular weight is 569 g/mol. The second kappa shape index (κ2) is 12.3. The average Bonchev–Trinajstić information content (AvgIpc) is 3.46. The van der Waals surface area contributed by atoms with Gasteiger partial charge in [0, 0.05) is 39.3 Å². The number of hydrogen-bond acceptors (Lipinski definition) is 6. The molecule has 2 amide bonds. The molecule has 1 saturated heterocycles. The first-order chi connectivity index (χ1) is 19.7. The molecule has 2 fully saturated rings. The van der Waals surface area contributed by atoms with E-state index < -0.39 is 18.4 Å². The minimum atomic E-state index is -2.67. The number of carbonyl (C=O) groups excluding carboxylic acids is 2. The maximum atomic E-state index is 13.0. The molecule has 10 nitrogen and oxygen atoms in total. The van der Waals surface area contributed by atoms with Crippen LogP contribution in [0.25, 0.3) is 11.0 Å². The van der Waals surface area contributed by atoms with E-state index in [1.807, 2.05) is 12.1 Å². The molecule has 1 saturated carbocycles. The summed E-state index contributed by atoms with van der Waals surface area (Å²) >= 11 is 0. The highest BCUT2D eigenvalue weighted by atomic mass is 19.3. The van der Waals surface area contributed by atoms with E-state index in [1.165, 1.54) is 15.3 Å². The van der Waals surface area contributed by atoms with Gasteiger partial charge in [-0.1, -0.05) is 17.9 Å². The number of aryl methyl sites for hydroxylation is 1. The van der Waals surface area contributed by atoms with Crippen LogP contribution >= 0.6 is 0 Å². The molecule has 0 spiro atoms. The van der Waals surface area contributed by atoms with Crippen LogP contribution in [0.1, 0.15) is 81.1 Å². The fraction of sp³-hybridized carbons (Fsp3) is 0.517. The number of hydrogen-bond donors (Lipinski definition) is 2. The summed E-state index contributed by atoms with van der Waals surface area (Å²) < 4.78 is 36.4. The number of benzene rings is 1. The van der Waals surface area contributed by atoms with Crippen molar-refractivity contribution in [1.29, 1.82) is 0 Å². The fourth-order valence-electron chi connectivity index (χ4n) is 5.79. The third-order valence-electron chi connectivity index (χ3n) is 7.98. The molecule has 5 rings (SSSR count). The van der Waals surface area contributed by atoms with Gasteiger partial charge in [0.25, 0.3) is 6.43 Å². The molecule has 1 aromatic carbocycles. The van der Waals surface area contributed by atoms with Gasteiger partial charge in [-0.3, -0.25) is 28.7 Å². The number of fused-ring (bicyclic) bond motifs is 1. The first-order valence-electron chi connectivity index (χ1n) is 14.0. The van der Waals surface area contributed by atoms with Crippen molar-refractivity contribution in [1.82, 2.24) is 24.2 Å². The van der Waals surface area contributed by atoms with Crippen molar-refractivity contribution in [2.24, 2.45) is 13.0 Å². The molecule has 0 radical (unpaired) electrons. The van der Waals surface area contributed by atoms with Gasteiger partial charge in [0.05, 0.1) is 28.3 Å². The number of nitrogens with one attached hydrogen (secondary N) is 1. The van der Waals surface area contributed by atoms with E-state index in [0.717, 1.165) is 32.1 Å². The number of unbranched alkanes of at least 4 members (excludes halogenated alkanes) is 1. The van der Waals surface area contributed by atoms with E-state index in [4.69, 9.17) is 10.5 Å². The molecular formula is C29H34F2N6O4. The van der Waals surface area contributed by atoms with Gasteiger partial charge in [0.15, 0.2) is 5.69 Å². The fourth-order valence-corrected chi connectivity index (χ4v) is 5.79. The van der Waals surface area contributed by atoms with Crippen LogP contribution in [0.2, 0.25) is 0 Å². The Labute approximate surface area is 235 Å². The van der Waals surface area contributed by atoms with Gasteiger partial charge in [-0.15, -0.1) is 0 Å². The van der Waals surface area contributed by atoms with Gasteiger partial charge in [-0.25, -0.2) is 13.6 Å². The number of aromatic nitrogens is 4. The molecule has 2 aliphatic rings. The lowest BCUT2D eigenvalue weighted by Crippen LogP contribution is -2.44. The van der Waals surface area contributed by atoms with Gasteiger partial charge in [0.2, 0.25) is 11.8 Å². The van der Waals surface area contributed by atoms with Crippen molar-refractivity contribution in [3.8, 4) is 11.8 Å². The second-order valence-corrected chi connectivity index (χ2v) is 10.8. The summed E-state index contributed by atoms with van der Waals surface area (Å²) in [6.07, 6.45) is 4.28. The number of imide groups is 1. The van der Waals surface area contributed by atoms with Crippen molar-refractivity contribution < 1.29 is 23.1 Å². The number of anilines is 1. The van der Waals surface area contributed by atoms with Gasteiger partial charge in [-0.05, 0) is 56.6 Å². The molecular weight excluding hydrogens is 534 g/mol.